The summed E-state index contributed by atoms with van der Waals surface area (Å²) in [6.07, 6.45) is 0. The Hall–Kier alpha value is -1.51. The van der Waals surface area contributed by atoms with E-state index >= 15 is 0 Å². The summed E-state index contributed by atoms with van der Waals surface area (Å²) in [6, 6.07) is 6.29. The van der Waals surface area contributed by atoms with E-state index in [1.54, 1.807) is 12.1 Å². The highest BCUT2D eigenvalue weighted by atomic mass is 16.5. The first-order valence-electron chi connectivity index (χ1n) is 4.16. The minimum absolute atomic E-state index is 0.102. The minimum Gasteiger partial charge on any atom is -0.508 e. The fraction of sp³-hybridized carbons (Fsp3) is 0.300. The molecule has 1 rings (SSSR count). The lowest BCUT2D eigenvalue weighted by atomic mass is 10.2. The number of ether oxygens (including phenoxy) is 1. The van der Waals surface area contributed by atoms with E-state index in [9.17, 15) is 0 Å². The van der Waals surface area contributed by atoms with Crippen LogP contribution in [0.1, 0.15) is 19.4 Å². The lowest BCUT2D eigenvalue weighted by Crippen LogP contribution is -1.99. The van der Waals surface area contributed by atoms with Crippen molar-refractivity contribution in [1.82, 2.24) is 0 Å². The van der Waals surface area contributed by atoms with Gasteiger partial charge < -0.3 is 9.84 Å². The molecular formula is C10H15NO2. The Labute approximate surface area is 78.5 Å². The third kappa shape index (κ3) is 3.60. The zero-order chi connectivity index (χ0) is 10.3. The number of phenols is 1. The molecule has 0 aliphatic carbocycles. The smallest absolute Gasteiger partial charge is 0.212 e. The Kier molecular flexibility index (Phi) is 5.35. The van der Waals surface area contributed by atoms with Crippen LogP contribution in [-0.4, -0.2) is 18.1 Å². The van der Waals surface area contributed by atoms with Gasteiger partial charge >= 0.3 is 0 Å². The number of phenolic OH excluding ortho intramolecular Hbond substituents is 1. The van der Waals surface area contributed by atoms with Crippen molar-refractivity contribution in [1.29, 1.82) is 5.41 Å². The van der Waals surface area contributed by atoms with Crippen LogP contribution >= 0.6 is 0 Å². The molecule has 0 fully saturated rings. The number of rotatable bonds is 1. The molecule has 1 aromatic carbocycles. The minimum atomic E-state index is 0.102. The molecule has 2 N–H and O–H groups in total. The summed E-state index contributed by atoms with van der Waals surface area (Å²) >= 11 is 0. The van der Waals surface area contributed by atoms with Crippen molar-refractivity contribution in [2.24, 2.45) is 0 Å². The van der Waals surface area contributed by atoms with Gasteiger partial charge in [0, 0.05) is 5.56 Å². The monoisotopic (exact) mass is 181 g/mol. The average molecular weight is 181 g/mol. The summed E-state index contributed by atoms with van der Waals surface area (Å²) in [4.78, 5) is 0. The summed E-state index contributed by atoms with van der Waals surface area (Å²) in [7, 11) is 1.44. The van der Waals surface area contributed by atoms with E-state index in [1.807, 2.05) is 13.8 Å². The Morgan fingerprint density at radius 3 is 2.08 bits per heavy atom. The molecule has 0 spiro atoms. The van der Waals surface area contributed by atoms with E-state index in [-0.39, 0.29) is 11.6 Å². The molecule has 0 radical (unpaired) electrons. The molecule has 0 aliphatic rings. The van der Waals surface area contributed by atoms with Crippen LogP contribution in [-0.2, 0) is 4.74 Å². The zero-order valence-electron chi connectivity index (χ0n) is 8.16. The summed E-state index contributed by atoms with van der Waals surface area (Å²) in [5.74, 6) is 0.294. The van der Waals surface area contributed by atoms with E-state index in [1.165, 1.54) is 19.2 Å². The summed E-state index contributed by atoms with van der Waals surface area (Å²) < 4.78 is 4.68. The molecule has 0 aliphatic heterocycles. The second-order valence-electron chi connectivity index (χ2n) is 2.08. The van der Waals surface area contributed by atoms with Gasteiger partial charge in [-0.1, -0.05) is 13.8 Å². The molecular weight excluding hydrogens is 166 g/mol. The lowest BCUT2D eigenvalue weighted by Gasteiger charge is -2.00. The van der Waals surface area contributed by atoms with Gasteiger partial charge in [-0.2, -0.15) is 0 Å². The second kappa shape index (κ2) is 6.06. The largest absolute Gasteiger partial charge is 0.508 e. The van der Waals surface area contributed by atoms with Crippen molar-refractivity contribution >= 4 is 5.90 Å². The normalized spacial score (nSPS) is 8.23. The number of methoxy groups -OCH3 is 1. The van der Waals surface area contributed by atoms with Crippen LogP contribution in [0.25, 0.3) is 0 Å². The molecule has 1 aromatic rings. The Morgan fingerprint density at radius 2 is 1.69 bits per heavy atom. The first-order chi connectivity index (χ1) is 6.24. The molecule has 3 heteroatoms. The molecule has 0 saturated carbocycles. The van der Waals surface area contributed by atoms with Crippen molar-refractivity contribution in [2.45, 2.75) is 13.8 Å². The fourth-order valence-corrected chi connectivity index (χ4v) is 0.731. The summed E-state index contributed by atoms with van der Waals surface area (Å²) in [6.45, 7) is 4.00. The van der Waals surface area contributed by atoms with Crippen LogP contribution < -0.4 is 0 Å². The van der Waals surface area contributed by atoms with Gasteiger partial charge in [-0.3, -0.25) is 5.41 Å². The second-order valence-corrected chi connectivity index (χ2v) is 2.08. The quantitative estimate of drug-likeness (QED) is 0.516. The van der Waals surface area contributed by atoms with Crippen molar-refractivity contribution < 1.29 is 9.84 Å². The summed E-state index contributed by atoms with van der Waals surface area (Å²) in [5.41, 5.74) is 0.658. The van der Waals surface area contributed by atoms with E-state index < -0.39 is 0 Å². The maximum atomic E-state index is 8.90. The number of nitrogens with one attached hydrogen (secondary N) is 1. The van der Waals surface area contributed by atoms with E-state index in [0.717, 1.165) is 0 Å². The van der Waals surface area contributed by atoms with Crippen LogP contribution in [0.2, 0.25) is 0 Å². The van der Waals surface area contributed by atoms with E-state index in [0.29, 0.717) is 5.56 Å². The van der Waals surface area contributed by atoms with Gasteiger partial charge in [0.25, 0.3) is 0 Å². The molecule has 3 nitrogen and oxygen atoms in total. The van der Waals surface area contributed by atoms with Crippen molar-refractivity contribution in [3.63, 3.8) is 0 Å². The number of hydrogen-bond acceptors (Lipinski definition) is 3. The van der Waals surface area contributed by atoms with Crippen molar-refractivity contribution in [2.75, 3.05) is 7.11 Å². The number of benzene rings is 1. The van der Waals surface area contributed by atoms with Gasteiger partial charge in [0.1, 0.15) is 5.75 Å². The third-order valence-electron chi connectivity index (χ3n) is 1.33. The number of aromatic hydroxyl groups is 1. The molecule has 0 heterocycles. The van der Waals surface area contributed by atoms with Crippen LogP contribution in [0.5, 0.6) is 5.75 Å². The molecule has 0 saturated heterocycles. The maximum absolute atomic E-state index is 8.90. The number of hydrogen-bond donors (Lipinski definition) is 2. The molecule has 0 aromatic heterocycles. The van der Waals surface area contributed by atoms with Crippen LogP contribution in [0.15, 0.2) is 24.3 Å². The van der Waals surface area contributed by atoms with E-state index in [4.69, 9.17) is 10.5 Å². The molecule has 0 bridgehead atoms. The maximum Gasteiger partial charge on any atom is 0.212 e. The Morgan fingerprint density at radius 1 is 1.23 bits per heavy atom. The van der Waals surface area contributed by atoms with Gasteiger partial charge in [0.15, 0.2) is 0 Å². The summed E-state index contributed by atoms with van der Waals surface area (Å²) in [5, 5.41) is 16.1. The highest BCUT2D eigenvalue weighted by molar-refractivity contribution is 5.91. The molecule has 0 amide bonds. The third-order valence-corrected chi connectivity index (χ3v) is 1.33. The lowest BCUT2D eigenvalue weighted by molar-refractivity contribution is 0.401. The van der Waals surface area contributed by atoms with Crippen molar-refractivity contribution in [3.8, 4) is 5.75 Å². The Balaban J connectivity index is 0.000000671. The first kappa shape index (κ1) is 11.5. The molecule has 72 valence electrons. The van der Waals surface area contributed by atoms with Gasteiger partial charge in [-0.25, -0.2) is 0 Å². The molecule has 13 heavy (non-hydrogen) atoms. The van der Waals surface area contributed by atoms with Gasteiger partial charge in [-0.05, 0) is 24.3 Å². The highest BCUT2D eigenvalue weighted by Crippen LogP contribution is 2.09. The van der Waals surface area contributed by atoms with Crippen molar-refractivity contribution in [3.05, 3.63) is 29.8 Å². The van der Waals surface area contributed by atoms with Crippen LogP contribution in [0.3, 0.4) is 0 Å². The standard InChI is InChI=1S/C8H9NO2.C2H6/c1-11-8(9)6-2-4-7(10)5-3-6;1-2/h2-5,9-10H,1H3;1-2H3. The van der Waals surface area contributed by atoms with Crippen LogP contribution in [0.4, 0.5) is 0 Å². The fourth-order valence-electron chi connectivity index (χ4n) is 0.731. The average Bonchev–Trinajstić information content (AvgIpc) is 2.21. The van der Waals surface area contributed by atoms with E-state index in [2.05, 4.69) is 4.74 Å². The molecule has 0 unspecified atom stereocenters. The molecule has 0 atom stereocenters. The predicted octanol–water partition coefficient (Wildman–Crippen LogP) is 2.39. The SMILES string of the molecule is CC.COC(=N)c1ccc(O)cc1. The highest BCUT2D eigenvalue weighted by Gasteiger charge is 1.98. The zero-order valence-corrected chi connectivity index (χ0v) is 8.16. The van der Waals surface area contributed by atoms with Crippen LogP contribution in [0, 0.1) is 5.41 Å². The predicted molar refractivity (Wildman–Crippen MR) is 53.3 cm³/mol. The first-order valence-corrected chi connectivity index (χ1v) is 4.16. The Bertz CT molecular complexity index is 254. The van der Waals surface area contributed by atoms with Gasteiger partial charge in [-0.15, -0.1) is 0 Å². The van der Waals surface area contributed by atoms with Gasteiger partial charge in [0.2, 0.25) is 5.90 Å². The topological polar surface area (TPSA) is 53.3 Å². The van der Waals surface area contributed by atoms with Gasteiger partial charge in [0.05, 0.1) is 7.11 Å².